The van der Waals surface area contributed by atoms with Crippen LogP contribution in [0.15, 0.2) is 28.8 Å². The summed E-state index contributed by atoms with van der Waals surface area (Å²) in [6.45, 7) is 0.594. The number of carbonyl (C=O) groups is 2. The average Bonchev–Trinajstić information content (AvgIpc) is 3.38. The zero-order valence-corrected chi connectivity index (χ0v) is 17.7. The number of carbonyl (C=O) groups excluding carboxylic acids is 1. The van der Waals surface area contributed by atoms with Gasteiger partial charge < -0.3 is 20.2 Å². The van der Waals surface area contributed by atoms with Crippen LogP contribution in [0.5, 0.6) is 0 Å². The fraction of sp³-hybridized carbons (Fsp3) is 0.250. The minimum absolute atomic E-state index is 0.0383. The SMILES string of the molecule is Nc1ncc(Cl)c2c1c(C(=O)Nc1nc3cc(F)ccc3o1)nn2[C@@H]1CCCN(C(=O)O)C1. The largest absolute Gasteiger partial charge is 0.465 e. The number of nitrogens with zero attached hydrogens (tertiary/aromatic N) is 5. The second kappa shape index (κ2) is 7.89. The molecule has 0 radical (unpaired) electrons. The fourth-order valence-electron chi connectivity index (χ4n) is 4.02. The lowest BCUT2D eigenvalue weighted by molar-refractivity contribution is 0.101. The number of oxazole rings is 1. The first-order valence-electron chi connectivity index (χ1n) is 9.99. The van der Waals surface area contributed by atoms with Gasteiger partial charge in [0.2, 0.25) is 0 Å². The van der Waals surface area contributed by atoms with E-state index in [1.807, 2.05) is 0 Å². The molecule has 11 nitrogen and oxygen atoms in total. The van der Waals surface area contributed by atoms with Crippen LogP contribution in [0.25, 0.3) is 22.0 Å². The molecule has 4 aromatic rings. The number of fused-ring (bicyclic) bond motifs is 2. The summed E-state index contributed by atoms with van der Waals surface area (Å²) in [4.78, 5) is 34.0. The van der Waals surface area contributed by atoms with Gasteiger partial charge in [0.15, 0.2) is 11.3 Å². The van der Waals surface area contributed by atoms with Crippen LogP contribution < -0.4 is 11.1 Å². The summed E-state index contributed by atoms with van der Waals surface area (Å²) in [5.74, 6) is -1.14. The Hall–Kier alpha value is -3.93. The Morgan fingerprint density at radius 2 is 2.18 bits per heavy atom. The van der Waals surface area contributed by atoms with Crippen molar-refractivity contribution < 1.29 is 23.5 Å². The van der Waals surface area contributed by atoms with Gasteiger partial charge in [-0.15, -0.1) is 0 Å². The van der Waals surface area contributed by atoms with E-state index in [1.165, 1.54) is 34.0 Å². The Kier molecular flexibility index (Phi) is 5.01. The van der Waals surface area contributed by atoms with Crippen molar-refractivity contribution in [3.05, 3.63) is 40.9 Å². The summed E-state index contributed by atoms with van der Waals surface area (Å²) in [7, 11) is 0. The molecule has 4 heterocycles. The van der Waals surface area contributed by atoms with Crippen LogP contribution in [-0.4, -0.2) is 54.8 Å². The molecule has 1 saturated heterocycles. The highest BCUT2D eigenvalue weighted by molar-refractivity contribution is 6.36. The zero-order valence-electron chi connectivity index (χ0n) is 17.0. The number of pyridine rings is 1. The third-order valence-electron chi connectivity index (χ3n) is 5.51. The molecule has 1 aliphatic rings. The van der Waals surface area contributed by atoms with Crippen LogP contribution in [0.3, 0.4) is 0 Å². The molecule has 4 N–H and O–H groups in total. The second-order valence-electron chi connectivity index (χ2n) is 7.62. The summed E-state index contributed by atoms with van der Waals surface area (Å²) in [6.07, 6.45) is 1.58. The van der Waals surface area contributed by atoms with Crippen LogP contribution in [0, 0.1) is 5.82 Å². The zero-order chi connectivity index (χ0) is 23.3. The highest BCUT2D eigenvalue weighted by atomic mass is 35.5. The number of nitrogens with two attached hydrogens (primary N) is 1. The number of nitrogen functional groups attached to an aromatic ring is 1. The minimum atomic E-state index is -1.03. The van der Waals surface area contributed by atoms with Crippen molar-refractivity contribution in [2.45, 2.75) is 18.9 Å². The third-order valence-corrected chi connectivity index (χ3v) is 5.78. The van der Waals surface area contributed by atoms with E-state index in [9.17, 15) is 19.1 Å². The molecule has 3 aromatic heterocycles. The Labute approximate surface area is 189 Å². The molecule has 1 fully saturated rings. The van der Waals surface area contributed by atoms with Crippen molar-refractivity contribution in [1.29, 1.82) is 0 Å². The van der Waals surface area contributed by atoms with E-state index < -0.39 is 17.8 Å². The smallest absolute Gasteiger partial charge is 0.407 e. The van der Waals surface area contributed by atoms with E-state index in [-0.39, 0.29) is 46.0 Å². The number of amides is 2. The predicted octanol–water partition coefficient (Wildman–Crippen LogP) is 3.51. The number of nitrogens with one attached hydrogen (secondary N) is 1. The number of anilines is 2. The van der Waals surface area contributed by atoms with Crippen molar-refractivity contribution in [3.8, 4) is 0 Å². The number of hydrogen-bond donors (Lipinski definition) is 3. The lowest BCUT2D eigenvalue weighted by Gasteiger charge is -2.31. The van der Waals surface area contributed by atoms with Crippen molar-refractivity contribution in [2.75, 3.05) is 24.1 Å². The molecule has 1 atom stereocenters. The van der Waals surface area contributed by atoms with E-state index in [0.717, 1.165) is 0 Å². The quantitative estimate of drug-likeness (QED) is 0.408. The van der Waals surface area contributed by atoms with Crippen LogP contribution in [0.4, 0.5) is 21.0 Å². The first-order valence-corrected chi connectivity index (χ1v) is 10.4. The molecule has 0 unspecified atom stereocenters. The third kappa shape index (κ3) is 3.67. The molecule has 0 spiro atoms. The number of likely N-dealkylation sites (tertiary alicyclic amines) is 1. The lowest BCUT2D eigenvalue weighted by atomic mass is 10.1. The molecule has 0 bridgehead atoms. The van der Waals surface area contributed by atoms with E-state index in [0.29, 0.717) is 30.5 Å². The Morgan fingerprint density at radius 1 is 1.36 bits per heavy atom. The molecule has 1 aliphatic heterocycles. The van der Waals surface area contributed by atoms with Gasteiger partial charge >= 0.3 is 12.1 Å². The molecule has 0 aliphatic carbocycles. The van der Waals surface area contributed by atoms with E-state index in [1.54, 1.807) is 0 Å². The van der Waals surface area contributed by atoms with Gasteiger partial charge in [-0.2, -0.15) is 10.1 Å². The number of aromatic nitrogens is 4. The lowest BCUT2D eigenvalue weighted by Crippen LogP contribution is -2.40. The number of rotatable bonds is 3. The van der Waals surface area contributed by atoms with E-state index in [2.05, 4.69) is 20.4 Å². The summed E-state index contributed by atoms with van der Waals surface area (Å²) < 4.78 is 20.4. The van der Waals surface area contributed by atoms with Gasteiger partial charge in [-0.1, -0.05) is 11.6 Å². The van der Waals surface area contributed by atoms with Gasteiger partial charge in [-0.05, 0) is 25.0 Å². The highest BCUT2D eigenvalue weighted by Gasteiger charge is 2.30. The highest BCUT2D eigenvalue weighted by Crippen LogP contribution is 2.34. The Balaban J connectivity index is 1.55. The summed E-state index contributed by atoms with van der Waals surface area (Å²) in [5.41, 5.74) is 6.91. The van der Waals surface area contributed by atoms with Crippen molar-refractivity contribution in [3.63, 3.8) is 0 Å². The summed E-state index contributed by atoms with van der Waals surface area (Å²) >= 11 is 6.39. The van der Waals surface area contributed by atoms with Gasteiger partial charge in [0.25, 0.3) is 5.91 Å². The normalized spacial score (nSPS) is 16.4. The van der Waals surface area contributed by atoms with Gasteiger partial charge in [0, 0.05) is 19.2 Å². The van der Waals surface area contributed by atoms with Crippen molar-refractivity contribution >= 4 is 57.4 Å². The number of piperidine rings is 1. The molecule has 33 heavy (non-hydrogen) atoms. The van der Waals surface area contributed by atoms with Gasteiger partial charge in [-0.3, -0.25) is 14.8 Å². The van der Waals surface area contributed by atoms with Crippen LogP contribution in [0.2, 0.25) is 5.02 Å². The van der Waals surface area contributed by atoms with E-state index in [4.69, 9.17) is 21.8 Å². The predicted molar refractivity (Wildman–Crippen MR) is 117 cm³/mol. The molecular formula is C20H17ClFN7O4. The average molecular weight is 474 g/mol. The molecule has 1 aromatic carbocycles. The second-order valence-corrected chi connectivity index (χ2v) is 8.03. The van der Waals surface area contributed by atoms with Crippen molar-refractivity contribution in [2.24, 2.45) is 0 Å². The van der Waals surface area contributed by atoms with Crippen LogP contribution >= 0.6 is 11.6 Å². The number of hydrogen-bond acceptors (Lipinski definition) is 7. The van der Waals surface area contributed by atoms with Crippen LogP contribution in [-0.2, 0) is 0 Å². The van der Waals surface area contributed by atoms with Gasteiger partial charge in [0.05, 0.1) is 28.2 Å². The number of benzene rings is 1. The van der Waals surface area contributed by atoms with Crippen LogP contribution in [0.1, 0.15) is 29.4 Å². The maximum absolute atomic E-state index is 13.4. The molecule has 0 saturated carbocycles. The minimum Gasteiger partial charge on any atom is -0.465 e. The standard InChI is InChI=1S/C20H17ClFN7O4/c21-11-7-24-17(23)14-15(18(30)26-19-25-12-6-9(22)3-4-13(12)33-19)27-29(16(11)14)10-2-1-5-28(8-10)20(31)32/h3-4,6-7,10H,1-2,5,8H2,(H2,23,24)(H,31,32)(H,25,26,30)/t10-/m1/s1. The summed E-state index contributed by atoms with van der Waals surface area (Å²) in [6, 6.07) is 3.29. The van der Waals surface area contributed by atoms with E-state index >= 15 is 0 Å². The van der Waals surface area contributed by atoms with Gasteiger partial charge in [-0.25, -0.2) is 14.2 Å². The Bertz CT molecular complexity index is 1420. The molecule has 2 amide bonds. The maximum atomic E-state index is 13.4. The number of halogens is 2. The Morgan fingerprint density at radius 3 is 2.97 bits per heavy atom. The van der Waals surface area contributed by atoms with Crippen molar-refractivity contribution in [1.82, 2.24) is 24.6 Å². The first-order chi connectivity index (χ1) is 15.8. The molecular weight excluding hydrogens is 457 g/mol. The molecule has 170 valence electrons. The monoisotopic (exact) mass is 473 g/mol. The molecule has 13 heteroatoms. The maximum Gasteiger partial charge on any atom is 0.407 e. The fourth-order valence-corrected chi connectivity index (χ4v) is 4.25. The topological polar surface area (TPSA) is 152 Å². The summed E-state index contributed by atoms with van der Waals surface area (Å²) in [5, 5.41) is 16.8. The number of carboxylic acid groups (broad SMARTS) is 1. The first kappa shape index (κ1) is 20.9. The van der Waals surface area contributed by atoms with Gasteiger partial charge in [0.1, 0.15) is 17.2 Å². The molecule has 5 rings (SSSR count).